The molecule has 0 aliphatic heterocycles. The number of anilines is 2. The molecule has 0 saturated heterocycles. The van der Waals surface area contributed by atoms with Crippen molar-refractivity contribution in [2.45, 2.75) is 46.6 Å². The van der Waals surface area contributed by atoms with Crippen molar-refractivity contribution in [2.24, 2.45) is 5.92 Å². The molecule has 0 aliphatic rings. The average molecular weight is 286 g/mol. The molecule has 0 amide bonds. The Morgan fingerprint density at radius 2 is 1.86 bits per heavy atom. The zero-order valence-corrected chi connectivity index (χ0v) is 13.5. The fourth-order valence-corrected chi connectivity index (χ4v) is 2.49. The lowest BCUT2D eigenvalue weighted by Gasteiger charge is -2.19. The first-order valence-corrected chi connectivity index (χ1v) is 7.91. The van der Waals surface area contributed by atoms with E-state index < -0.39 is 0 Å². The molecule has 2 unspecified atom stereocenters. The Bertz CT molecular complexity index is 582. The molecule has 2 rings (SSSR count). The van der Waals surface area contributed by atoms with Gasteiger partial charge in [0.1, 0.15) is 5.82 Å². The minimum atomic E-state index is 0.396. The monoisotopic (exact) mass is 286 g/mol. The van der Waals surface area contributed by atoms with Crippen LogP contribution in [0.15, 0.2) is 24.3 Å². The van der Waals surface area contributed by atoms with Gasteiger partial charge in [0.05, 0.1) is 5.52 Å². The van der Waals surface area contributed by atoms with Crippen molar-refractivity contribution in [3.63, 3.8) is 0 Å². The van der Waals surface area contributed by atoms with Crippen LogP contribution in [0.25, 0.3) is 10.9 Å². The van der Waals surface area contributed by atoms with Gasteiger partial charge in [0.25, 0.3) is 0 Å². The van der Waals surface area contributed by atoms with Crippen LogP contribution in [-0.2, 0) is 0 Å². The number of nitrogens with one attached hydrogen (secondary N) is 2. The molecule has 0 bridgehead atoms. The van der Waals surface area contributed by atoms with E-state index in [0.29, 0.717) is 17.9 Å². The fraction of sp³-hybridized carbons (Fsp3) is 0.529. The molecule has 0 saturated carbocycles. The van der Waals surface area contributed by atoms with Crippen molar-refractivity contribution in [3.05, 3.63) is 24.3 Å². The zero-order chi connectivity index (χ0) is 15.2. The second-order valence-corrected chi connectivity index (χ2v) is 5.74. The summed E-state index contributed by atoms with van der Waals surface area (Å²) in [5.74, 6) is 2.33. The number of hydrogen-bond donors (Lipinski definition) is 2. The molecule has 0 aliphatic carbocycles. The minimum Gasteiger partial charge on any atom is -0.367 e. The third-order valence-corrected chi connectivity index (χ3v) is 3.77. The molecular formula is C17H26N4. The van der Waals surface area contributed by atoms with E-state index in [2.05, 4.69) is 54.4 Å². The van der Waals surface area contributed by atoms with Gasteiger partial charge in [-0.05, 0) is 38.3 Å². The molecule has 1 aromatic carbocycles. The predicted octanol–water partition coefficient (Wildman–Crippen LogP) is 4.30. The molecule has 2 aromatic rings. The van der Waals surface area contributed by atoms with Crippen molar-refractivity contribution in [1.82, 2.24) is 9.97 Å². The molecule has 2 atom stereocenters. The van der Waals surface area contributed by atoms with Gasteiger partial charge >= 0.3 is 0 Å². The summed E-state index contributed by atoms with van der Waals surface area (Å²) in [7, 11) is 0. The van der Waals surface area contributed by atoms with E-state index in [1.54, 1.807) is 0 Å². The van der Waals surface area contributed by atoms with Gasteiger partial charge in [0, 0.05) is 18.0 Å². The van der Waals surface area contributed by atoms with Crippen LogP contribution in [0.4, 0.5) is 11.8 Å². The fourth-order valence-electron chi connectivity index (χ4n) is 2.49. The summed E-state index contributed by atoms with van der Waals surface area (Å²) in [6.07, 6.45) is 2.35. The van der Waals surface area contributed by atoms with Crippen LogP contribution < -0.4 is 10.6 Å². The molecule has 4 nitrogen and oxygen atoms in total. The highest BCUT2D eigenvalue weighted by Gasteiger charge is 2.11. The van der Waals surface area contributed by atoms with Crippen LogP contribution in [0.3, 0.4) is 0 Å². The van der Waals surface area contributed by atoms with Crippen LogP contribution in [0.2, 0.25) is 0 Å². The van der Waals surface area contributed by atoms with E-state index in [9.17, 15) is 0 Å². The van der Waals surface area contributed by atoms with Crippen molar-refractivity contribution < 1.29 is 0 Å². The molecule has 1 aromatic heterocycles. The third kappa shape index (κ3) is 4.06. The molecule has 1 heterocycles. The molecule has 0 radical (unpaired) electrons. The molecule has 4 heteroatoms. The average Bonchev–Trinajstić information content (AvgIpc) is 2.47. The SMILES string of the molecule is CCNc1nc(NC(C)CC(C)CC)c2ccccc2n1. The second-order valence-electron chi connectivity index (χ2n) is 5.74. The lowest BCUT2D eigenvalue weighted by molar-refractivity contribution is 0.483. The summed E-state index contributed by atoms with van der Waals surface area (Å²) < 4.78 is 0. The quantitative estimate of drug-likeness (QED) is 0.797. The Labute approximate surface area is 127 Å². The third-order valence-electron chi connectivity index (χ3n) is 3.77. The molecule has 0 spiro atoms. The summed E-state index contributed by atoms with van der Waals surface area (Å²) in [5, 5.41) is 7.84. The van der Waals surface area contributed by atoms with E-state index in [1.165, 1.54) is 6.42 Å². The first-order valence-electron chi connectivity index (χ1n) is 7.91. The number of para-hydroxylation sites is 1. The first-order chi connectivity index (χ1) is 10.1. The van der Waals surface area contributed by atoms with Crippen molar-refractivity contribution >= 4 is 22.7 Å². The van der Waals surface area contributed by atoms with E-state index in [-0.39, 0.29) is 0 Å². The van der Waals surface area contributed by atoms with Crippen LogP contribution in [0, 0.1) is 5.92 Å². The summed E-state index contributed by atoms with van der Waals surface area (Å²) in [6, 6.07) is 8.54. The van der Waals surface area contributed by atoms with E-state index in [1.807, 2.05) is 18.2 Å². The number of hydrogen-bond acceptors (Lipinski definition) is 4. The lowest BCUT2D eigenvalue weighted by atomic mass is 10.0. The summed E-state index contributed by atoms with van der Waals surface area (Å²) in [6.45, 7) is 9.62. The lowest BCUT2D eigenvalue weighted by Crippen LogP contribution is -2.19. The van der Waals surface area contributed by atoms with Crippen molar-refractivity contribution in [1.29, 1.82) is 0 Å². The number of rotatable bonds is 7. The van der Waals surface area contributed by atoms with Gasteiger partial charge in [-0.1, -0.05) is 32.4 Å². The summed E-state index contributed by atoms with van der Waals surface area (Å²) >= 11 is 0. The van der Waals surface area contributed by atoms with Crippen LogP contribution in [-0.4, -0.2) is 22.6 Å². The van der Waals surface area contributed by atoms with Crippen LogP contribution in [0.5, 0.6) is 0 Å². The van der Waals surface area contributed by atoms with Gasteiger partial charge < -0.3 is 10.6 Å². The zero-order valence-electron chi connectivity index (χ0n) is 13.5. The highest BCUT2D eigenvalue weighted by atomic mass is 15.1. The highest BCUT2D eigenvalue weighted by molar-refractivity contribution is 5.90. The highest BCUT2D eigenvalue weighted by Crippen LogP contribution is 2.23. The maximum absolute atomic E-state index is 4.63. The number of nitrogens with zero attached hydrogens (tertiary/aromatic N) is 2. The topological polar surface area (TPSA) is 49.8 Å². The minimum absolute atomic E-state index is 0.396. The standard InChI is InChI=1S/C17H26N4/c1-5-12(3)11-13(4)19-16-14-9-7-8-10-15(14)20-17(21-16)18-6-2/h7-10,12-13H,5-6,11H2,1-4H3,(H2,18,19,20,21). The Morgan fingerprint density at radius 1 is 1.10 bits per heavy atom. The largest absolute Gasteiger partial charge is 0.367 e. The number of fused-ring (bicyclic) bond motifs is 1. The van der Waals surface area contributed by atoms with Crippen LogP contribution in [0.1, 0.15) is 40.5 Å². The van der Waals surface area contributed by atoms with Gasteiger partial charge in [0.15, 0.2) is 0 Å². The number of benzene rings is 1. The Morgan fingerprint density at radius 3 is 2.57 bits per heavy atom. The smallest absolute Gasteiger partial charge is 0.225 e. The van der Waals surface area contributed by atoms with E-state index >= 15 is 0 Å². The summed E-state index contributed by atoms with van der Waals surface area (Å²) in [4.78, 5) is 9.18. The van der Waals surface area contributed by atoms with Gasteiger partial charge in [0.2, 0.25) is 5.95 Å². The molecular weight excluding hydrogens is 260 g/mol. The molecule has 114 valence electrons. The maximum Gasteiger partial charge on any atom is 0.225 e. The van der Waals surface area contributed by atoms with Gasteiger partial charge in [-0.15, -0.1) is 0 Å². The van der Waals surface area contributed by atoms with Crippen molar-refractivity contribution in [2.75, 3.05) is 17.2 Å². The number of aromatic nitrogens is 2. The Hall–Kier alpha value is -1.84. The second kappa shape index (κ2) is 7.25. The van der Waals surface area contributed by atoms with Crippen molar-refractivity contribution in [3.8, 4) is 0 Å². The normalized spacial score (nSPS) is 13.9. The van der Waals surface area contributed by atoms with Gasteiger partial charge in [-0.25, -0.2) is 4.98 Å². The summed E-state index contributed by atoms with van der Waals surface area (Å²) in [5.41, 5.74) is 0.974. The first kappa shape index (κ1) is 15.5. The van der Waals surface area contributed by atoms with Gasteiger partial charge in [-0.2, -0.15) is 4.98 Å². The molecule has 21 heavy (non-hydrogen) atoms. The van der Waals surface area contributed by atoms with E-state index in [0.717, 1.165) is 29.7 Å². The van der Waals surface area contributed by atoms with Crippen LogP contribution >= 0.6 is 0 Å². The van der Waals surface area contributed by atoms with Gasteiger partial charge in [-0.3, -0.25) is 0 Å². The molecule has 0 fully saturated rings. The predicted molar refractivity (Wildman–Crippen MR) is 90.9 cm³/mol. The Balaban J connectivity index is 2.28. The Kier molecular flexibility index (Phi) is 5.37. The molecule has 2 N–H and O–H groups in total. The maximum atomic E-state index is 4.63. The van der Waals surface area contributed by atoms with E-state index in [4.69, 9.17) is 0 Å².